The number of nitrogens with one attached hydrogen (secondary N) is 1. The molecule has 2 aromatic rings. The molecule has 0 spiro atoms. The number of piperazine rings is 1. The number of aryl methyl sites for hydroxylation is 1. The quantitative estimate of drug-likeness (QED) is 0.381. The van der Waals surface area contributed by atoms with Gasteiger partial charge >= 0.3 is 0 Å². The number of aliphatic imine (C=N–C) groups is 1. The highest BCUT2D eigenvalue weighted by molar-refractivity contribution is 14.0. The second kappa shape index (κ2) is 9.33. The standard InChI is InChI=1S/C19H24N6O3.HI/c1-3-20-19(21-9-14-4-5-16-17(8-14)28-13-27-16)24-6-7-25(18(26)12-24)15-10-22-23(2)11-15;/h4-5,8,10-11H,3,6-7,9,12-13H2,1-2H3,(H,20,21);1H. The summed E-state index contributed by atoms with van der Waals surface area (Å²) in [5.74, 6) is 2.28. The van der Waals surface area contributed by atoms with Gasteiger partial charge in [-0.25, -0.2) is 4.99 Å². The molecule has 1 amide bonds. The number of ether oxygens (including phenoxy) is 2. The Kier molecular flexibility index (Phi) is 6.83. The van der Waals surface area contributed by atoms with Crippen LogP contribution in [0.2, 0.25) is 0 Å². The van der Waals surface area contributed by atoms with Gasteiger partial charge < -0.3 is 24.6 Å². The first-order chi connectivity index (χ1) is 13.6. The number of hydrogen-bond donors (Lipinski definition) is 1. The predicted octanol–water partition coefficient (Wildman–Crippen LogP) is 1.58. The van der Waals surface area contributed by atoms with Gasteiger partial charge in [0.15, 0.2) is 17.5 Å². The van der Waals surface area contributed by atoms with Gasteiger partial charge in [0.2, 0.25) is 12.7 Å². The molecule has 0 atom stereocenters. The molecule has 156 valence electrons. The van der Waals surface area contributed by atoms with E-state index in [1.54, 1.807) is 15.8 Å². The van der Waals surface area contributed by atoms with Gasteiger partial charge in [0.05, 0.1) is 18.4 Å². The molecule has 0 radical (unpaired) electrons. The fourth-order valence-electron chi connectivity index (χ4n) is 3.31. The molecule has 0 bridgehead atoms. The van der Waals surface area contributed by atoms with Gasteiger partial charge in [-0.1, -0.05) is 6.07 Å². The molecule has 1 aromatic heterocycles. The maximum absolute atomic E-state index is 12.7. The number of benzene rings is 1. The predicted molar refractivity (Wildman–Crippen MR) is 120 cm³/mol. The van der Waals surface area contributed by atoms with Crippen molar-refractivity contribution in [1.82, 2.24) is 20.0 Å². The van der Waals surface area contributed by atoms with E-state index >= 15 is 0 Å². The average Bonchev–Trinajstić information content (AvgIpc) is 3.33. The Bertz CT molecular complexity index is 900. The minimum Gasteiger partial charge on any atom is -0.454 e. The van der Waals surface area contributed by atoms with Gasteiger partial charge in [0.1, 0.15) is 6.54 Å². The molecule has 9 nitrogen and oxygen atoms in total. The number of halogens is 1. The minimum atomic E-state index is 0. The van der Waals surface area contributed by atoms with Crippen LogP contribution in [0.15, 0.2) is 35.6 Å². The molecular weight excluding hydrogens is 487 g/mol. The zero-order chi connectivity index (χ0) is 19.5. The van der Waals surface area contributed by atoms with Crippen LogP contribution in [0.25, 0.3) is 0 Å². The highest BCUT2D eigenvalue weighted by atomic mass is 127. The lowest BCUT2D eigenvalue weighted by Crippen LogP contribution is -2.55. The van der Waals surface area contributed by atoms with Crippen molar-refractivity contribution in [3.63, 3.8) is 0 Å². The molecule has 2 aliphatic heterocycles. The van der Waals surface area contributed by atoms with Gasteiger partial charge in [0, 0.05) is 32.9 Å². The average molecular weight is 512 g/mol. The second-order valence-electron chi connectivity index (χ2n) is 6.70. The van der Waals surface area contributed by atoms with E-state index in [1.807, 2.05) is 43.3 Å². The maximum Gasteiger partial charge on any atom is 0.246 e. The number of aromatic nitrogens is 2. The van der Waals surface area contributed by atoms with Gasteiger partial charge in [-0.2, -0.15) is 5.10 Å². The van der Waals surface area contributed by atoms with Crippen molar-refractivity contribution in [2.75, 3.05) is 37.9 Å². The van der Waals surface area contributed by atoms with E-state index in [0.717, 1.165) is 35.3 Å². The molecular formula is C19H25IN6O3. The zero-order valence-electron chi connectivity index (χ0n) is 16.5. The van der Waals surface area contributed by atoms with Crippen LogP contribution in [0.5, 0.6) is 11.5 Å². The second-order valence-corrected chi connectivity index (χ2v) is 6.70. The summed E-state index contributed by atoms with van der Waals surface area (Å²) in [5.41, 5.74) is 1.86. The summed E-state index contributed by atoms with van der Waals surface area (Å²) in [6.07, 6.45) is 3.57. The van der Waals surface area contributed by atoms with Gasteiger partial charge in [-0.05, 0) is 24.6 Å². The third kappa shape index (κ3) is 4.74. The van der Waals surface area contributed by atoms with Crippen molar-refractivity contribution in [3.8, 4) is 11.5 Å². The third-order valence-corrected chi connectivity index (χ3v) is 4.71. The summed E-state index contributed by atoms with van der Waals surface area (Å²) in [5, 5.41) is 7.44. The SMILES string of the molecule is CCNC(=NCc1ccc2c(c1)OCO2)N1CCN(c2cnn(C)c2)C(=O)C1.I. The summed E-state index contributed by atoms with van der Waals surface area (Å²) >= 11 is 0. The fraction of sp³-hybridized carbons (Fsp3) is 0.421. The number of nitrogens with zero attached hydrogens (tertiary/aromatic N) is 5. The lowest BCUT2D eigenvalue weighted by molar-refractivity contribution is -0.120. The molecule has 10 heteroatoms. The molecule has 1 N–H and O–H groups in total. The maximum atomic E-state index is 12.7. The molecule has 2 aliphatic rings. The molecule has 3 heterocycles. The summed E-state index contributed by atoms with van der Waals surface area (Å²) in [6.45, 7) is 5.08. The Hall–Kier alpha value is -2.50. The van der Waals surface area contributed by atoms with E-state index in [9.17, 15) is 4.79 Å². The van der Waals surface area contributed by atoms with Crippen molar-refractivity contribution in [2.24, 2.45) is 12.0 Å². The highest BCUT2D eigenvalue weighted by Crippen LogP contribution is 2.32. The fourth-order valence-corrected chi connectivity index (χ4v) is 3.31. The highest BCUT2D eigenvalue weighted by Gasteiger charge is 2.27. The Morgan fingerprint density at radius 2 is 2.10 bits per heavy atom. The lowest BCUT2D eigenvalue weighted by atomic mass is 10.2. The summed E-state index contributed by atoms with van der Waals surface area (Å²) in [7, 11) is 1.84. The number of rotatable bonds is 4. The minimum absolute atomic E-state index is 0. The zero-order valence-corrected chi connectivity index (χ0v) is 18.8. The molecule has 0 saturated carbocycles. The van der Waals surface area contributed by atoms with Crippen molar-refractivity contribution < 1.29 is 14.3 Å². The Balaban J connectivity index is 0.00000240. The van der Waals surface area contributed by atoms with E-state index in [4.69, 9.17) is 14.5 Å². The number of hydrogen-bond acceptors (Lipinski definition) is 5. The van der Waals surface area contributed by atoms with Crippen LogP contribution >= 0.6 is 24.0 Å². The van der Waals surface area contributed by atoms with E-state index < -0.39 is 0 Å². The molecule has 29 heavy (non-hydrogen) atoms. The van der Waals surface area contributed by atoms with E-state index in [2.05, 4.69) is 10.4 Å². The van der Waals surface area contributed by atoms with Crippen molar-refractivity contribution in [2.45, 2.75) is 13.5 Å². The van der Waals surface area contributed by atoms with Crippen molar-refractivity contribution in [3.05, 3.63) is 36.2 Å². The number of fused-ring (bicyclic) bond motifs is 1. The van der Waals surface area contributed by atoms with Gasteiger partial charge in [-0.15, -0.1) is 24.0 Å². The van der Waals surface area contributed by atoms with Crippen molar-refractivity contribution >= 4 is 41.5 Å². The number of amides is 1. The van der Waals surface area contributed by atoms with Crippen LogP contribution in [0.3, 0.4) is 0 Å². The summed E-state index contributed by atoms with van der Waals surface area (Å²) in [4.78, 5) is 21.1. The van der Waals surface area contributed by atoms with Crippen LogP contribution < -0.4 is 19.7 Å². The number of anilines is 1. The Morgan fingerprint density at radius 1 is 1.28 bits per heavy atom. The molecule has 1 saturated heterocycles. The molecule has 1 fully saturated rings. The first-order valence-electron chi connectivity index (χ1n) is 9.35. The third-order valence-electron chi connectivity index (χ3n) is 4.71. The van der Waals surface area contributed by atoms with Crippen LogP contribution in [0.1, 0.15) is 12.5 Å². The van der Waals surface area contributed by atoms with Gasteiger partial charge in [0.25, 0.3) is 0 Å². The molecule has 0 aliphatic carbocycles. The molecule has 0 unspecified atom stereocenters. The van der Waals surface area contributed by atoms with Crippen LogP contribution in [0, 0.1) is 0 Å². The number of guanidine groups is 1. The monoisotopic (exact) mass is 512 g/mol. The Morgan fingerprint density at radius 3 is 2.83 bits per heavy atom. The van der Waals surface area contributed by atoms with Crippen molar-refractivity contribution in [1.29, 1.82) is 0 Å². The summed E-state index contributed by atoms with van der Waals surface area (Å²) in [6, 6.07) is 5.82. The molecule has 4 rings (SSSR count). The van der Waals surface area contributed by atoms with E-state index in [-0.39, 0.29) is 43.2 Å². The molecule has 1 aromatic carbocycles. The van der Waals surface area contributed by atoms with E-state index in [1.165, 1.54) is 0 Å². The Labute approximate surface area is 186 Å². The largest absolute Gasteiger partial charge is 0.454 e. The first-order valence-corrected chi connectivity index (χ1v) is 9.35. The van der Waals surface area contributed by atoms with E-state index in [0.29, 0.717) is 19.6 Å². The number of carbonyl (C=O) groups is 1. The smallest absolute Gasteiger partial charge is 0.246 e. The van der Waals surface area contributed by atoms with Crippen LogP contribution in [0.4, 0.5) is 5.69 Å². The normalized spacial score (nSPS) is 16.1. The summed E-state index contributed by atoms with van der Waals surface area (Å²) < 4.78 is 12.5. The number of carbonyl (C=O) groups excluding carboxylic acids is 1. The topological polar surface area (TPSA) is 84.2 Å². The first kappa shape index (κ1) is 21.2. The van der Waals surface area contributed by atoms with Crippen LogP contribution in [-0.2, 0) is 18.4 Å². The lowest BCUT2D eigenvalue weighted by Gasteiger charge is -2.35. The van der Waals surface area contributed by atoms with Crippen LogP contribution in [-0.4, -0.2) is 59.5 Å². The van der Waals surface area contributed by atoms with Gasteiger partial charge in [-0.3, -0.25) is 9.48 Å².